The number of alkyl halides is 2. The number of nitrogens with zero attached hydrogens (tertiary/aromatic N) is 5. The first-order valence-electron chi connectivity index (χ1n) is 9.15. The maximum Gasteiger partial charge on any atom is 0.261 e. The second-order valence-electron chi connectivity index (χ2n) is 6.91. The SMILES string of the molecule is Cc1ocnc1CN1CCN(c2ccc3c(=O)n(CC(F)F)cnc3c2)CC1. The molecule has 4 rings (SSSR count). The number of hydrogen-bond donors (Lipinski definition) is 0. The normalized spacial score (nSPS) is 15.6. The molecule has 7 nitrogen and oxygen atoms in total. The molecule has 0 unspecified atom stereocenters. The Kier molecular flexibility index (Phi) is 5.08. The summed E-state index contributed by atoms with van der Waals surface area (Å²) < 4.78 is 31.4. The van der Waals surface area contributed by atoms with Crippen molar-refractivity contribution in [3.05, 3.63) is 52.7 Å². The molecular formula is C19H21F2N5O2. The van der Waals surface area contributed by atoms with Gasteiger partial charge in [-0.25, -0.2) is 18.7 Å². The van der Waals surface area contributed by atoms with Gasteiger partial charge in [0, 0.05) is 38.4 Å². The van der Waals surface area contributed by atoms with Gasteiger partial charge in [-0.15, -0.1) is 0 Å². The van der Waals surface area contributed by atoms with Crippen molar-refractivity contribution in [3.63, 3.8) is 0 Å². The van der Waals surface area contributed by atoms with E-state index in [0.717, 1.165) is 54.4 Å². The molecule has 0 atom stereocenters. The van der Waals surface area contributed by atoms with Crippen LogP contribution in [0.25, 0.3) is 10.9 Å². The van der Waals surface area contributed by atoms with Gasteiger partial charge in [0.05, 0.1) is 29.5 Å². The van der Waals surface area contributed by atoms with Gasteiger partial charge in [-0.05, 0) is 25.1 Å². The van der Waals surface area contributed by atoms with E-state index in [1.165, 1.54) is 12.7 Å². The number of benzene rings is 1. The maximum absolute atomic E-state index is 12.6. The number of halogens is 2. The third kappa shape index (κ3) is 3.75. The Labute approximate surface area is 160 Å². The van der Waals surface area contributed by atoms with Crippen molar-refractivity contribution in [2.75, 3.05) is 31.1 Å². The van der Waals surface area contributed by atoms with Crippen molar-refractivity contribution >= 4 is 16.6 Å². The van der Waals surface area contributed by atoms with Crippen LogP contribution in [-0.2, 0) is 13.1 Å². The highest BCUT2D eigenvalue weighted by molar-refractivity contribution is 5.81. The van der Waals surface area contributed by atoms with Gasteiger partial charge < -0.3 is 9.32 Å². The predicted octanol–water partition coefficient (Wildman–Crippen LogP) is 2.28. The number of oxazole rings is 1. The summed E-state index contributed by atoms with van der Waals surface area (Å²) in [5, 5.41) is 0.354. The average molecular weight is 389 g/mol. The van der Waals surface area contributed by atoms with Crippen molar-refractivity contribution in [2.45, 2.75) is 26.4 Å². The van der Waals surface area contributed by atoms with Crippen LogP contribution in [0.15, 0.2) is 40.1 Å². The van der Waals surface area contributed by atoms with Crippen LogP contribution in [0.3, 0.4) is 0 Å². The molecule has 28 heavy (non-hydrogen) atoms. The quantitative estimate of drug-likeness (QED) is 0.667. The fourth-order valence-corrected chi connectivity index (χ4v) is 3.48. The largest absolute Gasteiger partial charge is 0.448 e. The Morgan fingerprint density at radius 2 is 1.96 bits per heavy atom. The van der Waals surface area contributed by atoms with E-state index in [-0.39, 0.29) is 0 Å². The minimum absolute atomic E-state index is 0.354. The fraction of sp³-hybridized carbons (Fsp3) is 0.421. The Balaban J connectivity index is 1.46. The first-order valence-corrected chi connectivity index (χ1v) is 9.15. The van der Waals surface area contributed by atoms with Gasteiger partial charge in [-0.1, -0.05) is 0 Å². The zero-order valence-electron chi connectivity index (χ0n) is 15.5. The van der Waals surface area contributed by atoms with Crippen LogP contribution in [0.5, 0.6) is 0 Å². The van der Waals surface area contributed by atoms with Gasteiger partial charge in [-0.2, -0.15) is 0 Å². The molecule has 0 spiro atoms. The standard InChI is InChI=1S/C19H21F2N5O2/c1-13-17(23-12-28-13)9-24-4-6-25(7-5-24)14-2-3-15-16(8-14)22-11-26(19(15)27)10-18(20)21/h2-3,8,11-12,18H,4-7,9-10H2,1H3. The fourth-order valence-electron chi connectivity index (χ4n) is 3.48. The highest BCUT2D eigenvalue weighted by atomic mass is 19.3. The van der Waals surface area contributed by atoms with Gasteiger partial charge >= 0.3 is 0 Å². The van der Waals surface area contributed by atoms with Crippen molar-refractivity contribution in [1.82, 2.24) is 19.4 Å². The topological polar surface area (TPSA) is 67.4 Å². The van der Waals surface area contributed by atoms with E-state index in [1.54, 1.807) is 6.07 Å². The Bertz CT molecular complexity index is 1020. The van der Waals surface area contributed by atoms with E-state index in [2.05, 4.69) is 19.8 Å². The highest BCUT2D eigenvalue weighted by Gasteiger charge is 2.20. The van der Waals surface area contributed by atoms with E-state index < -0.39 is 18.5 Å². The summed E-state index contributed by atoms with van der Waals surface area (Å²) in [5.41, 5.74) is 2.02. The average Bonchev–Trinajstić information content (AvgIpc) is 3.09. The van der Waals surface area contributed by atoms with Gasteiger partial charge in [0.25, 0.3) is 12.0 Å². The predicted molar refractivity (Wildman–Crippen MR) is 101 cm³/mol. The molecular weight excluding hydrogens is 368 g/mol. The first-order chi connectivity index (χ1) is 13.5. The third-order valence-corrected chi connectivity index (χ3v) is 5.10. The molecule has 0 amide bonds. The summed E-state index contributed by atoms with van der Waals surface area (Å²) in [7, 11) is 0. The molecule has 0 radical (unpaired) electrons. The monoisotopic (exact) mass is 389 g/mol. The van der Waals surface area contributed by atoms with Gasteiger partial charge in [-0.3, -0.25) is 14.3 Å². The smallest absolute Gasteiger partial charge is 0.261 e. The minimum atomic E-state index is -2.59. The lowest BCUT2D eigenvalue weighted by Gasteiger charge is -2.35. The second kappa shape index (κ2) is 7.67. The van der Waals surface area contributed by atoms with Crippen molar-refractivity contribution in [2.24, 2.45) is 0 Å². The molecule has 2 aromatic heterocycles. The molecule has 1 fully saturated rings. The van der Waals surface area contributed by atoms with Crippen molar-refractivity contribution in [1.29, 1.82) is 0 Å². The van der Waals surface area contributed by atoms with Crippen molar-refractivity contribution < 1.29 is 13.2 Å². The van der Waals surface area contributed by atoms with Crippen LogP contribution in [0.1, 0.15) is 11.5 Å². The summed E-state index contributed by atoms with van der Waals surface area (Å²) >= 11 is 0. The number of piperazine rings is 1. The summed E-state index contributed by atoms with van der Waals surface area (Å²) in [5.74, 6) is 0.848. The molecule has 1 aliphatic heterocycles. The summed E-state index contributed by atoms with van der Waals surface area (Å²) in [6, 6.07) is 5.38. The Morgan fingerprint density at radius 1 is 1.18 bits per heavy atom. The molecule has 1 aliphatic rings. The van der Waals surface area contributed by atoms with Crippen LogP contribution in [0.2, 0.25) is 0 Å². The summed E-state index contributed by atoms with van der Waals surface area (Å²) in [4.78, 5) is 25.3. The van der Waals surface area contributed by atoms with E-state index in [4.69, 9.17) is 4.42 Å². The van der Waals surface area contributed by atoms with Gasteiger partial charge in [0.1, 0.15) is 5.76 Å². The molecule has 1 saturated heterocycles. The number of hydrogen-bond acceptors (Lipinski definition) is 6. The Hall–Kier alpha value is -2.81. The van der Waals surface area contributed by atoms with Gasteiger partial charge in [0.15, 0.2) is 6.39 Å². The lowest BCUT2D eigenvalue weighted by atomic mass is 10.2. The van der Waals surface area contributed by atoms with Crippen LogP contribution >= 0.6 is 0 Å². The van der Waals surface area contributed by atoms with E-state index in [0.29, 0.717) is 10.9 Å². The number of rotatable bonds is 5. The Morgan fingerprint density at radius 3 is 2.64 bits per heavy atom. The zero-order valence-corrected chi connectivity index (χ0v) is 15.5. The molecule has 0 saturated carbocycles. The van der Waals surface area contributed by atoms with E-state index in [1.807, 2.05) is 19.1 Å². The second-order valence-corrected chi connectivity index (χ2v) is 6.91. The molecule has 1 aromatic carbocycles. The number of aryl methyl sites for hydroxylation is 1. The number of fused-ring (bicyclic) bond motifs is 1. The first kappa shape index (κ1) is 18.5. The maximum atomic E-state index is 12.6. The third-order valence-electron chi connectivity index (χ3n) is 5.10. The number of aromatic nitrogens is 3. The van der Waals surface area contributed by atoms with Crippen molar-refractivity contribution in [3.8, 4) is 0 Å². The molecule has 3 aromatic rings. The zero-order chi connectivity index (χ0) is 19.7. The molecule has 3 heterocycles. The lowest BCUT2D eigenvalue weighted by molar-refractivity contribution is 0.125. The van der Waals surface area contributed by atoms with Crippen LogP contribution < -0.4 is 10.5 Å². The molecule has 0 aliphatic carbocycles. The molecule has 9 heteroatoms. The number of anilines is 1. The van der Waals surface area contributed by atoms with E-state index in [9.17, 15) is 13.6 Å². The summed E-state index contributed by atoms with van der Waals surface area (Å²) in [6.45, 7) is 5.47. The van der Waals surface area contributed by atoms with E-state index >= 15 is 0 Å². The summed E-state index contributed by atoms with van der Waals surface area (Å²) in [6.07, 6.45) is 0.0745. The van der Waals surface area contributed by atoms with Crippen LogP contribution in [-0.4, -0.2) is 52.0 Å². The minimum Gasteiger partial charge on any atom is -0.448 e. The molecule has 148 valence electrons. The molecule has 0 bridgehead atoms. The lowest BCUT2D eigenvalue weighted by Crippen LogP contribution is -2.46. The van der Waals surface area contributed by atoms with Crippen LogP contribution in [0.4, 0.5) is 14.5 Å². The highest BCUT2D eigenvalue weighted by Crippen LogP contribution is 2.21. The van der Waals surface area contributed by atoms with Gasteiger partial charge in [0.2, 0.25) is 0 Å². The van der Waals surface area contributed by atoms with Crippen LogP contribution in [0, 0.1) is 6.92 Å². The molecule has 0 N–H and O–H groups in total.